The van der Waals surface area contributed by atoms with Crippen molar-refractivity contribution in [1.29, 1.82) is 0 Å². The van der Waals surface area contributed by atoms with E-state index in [1.165, 1.54) is 17.5 Å². The molecule has 2 aliphatic rings. The van der Waals surface area contributed by atoms with Crippen LogP contribution in [0.2, 0.25) is 0 Å². The summed E-state index contributed by atoms with van der Waals surface area (Å²) >= 11 is 0. The number of piperidine rings is 1. The van der Waals surface area contributed by atoms with E-state index in [9.17, 15) is 9.59 Å². The SMILES string of the molecule is Cc1cccc(CN2CCCC3(CCN(C(=O)c4ccc(C)[nH]c4=O)C3)C2)c1. The van der Waals surface area contributed by atoms with Gasteiger partial charge in [0.2, 0.25) is 0 Å². The second-order valence-corrected chi connectivity index (χ2v) is 8.66. The van der Waals surface area contributed by atoms with Gasteiger partial charge >= 0.3 is 0 Å². The van der Waals surface area contributed by atoms with Gasteiger partial charge in [-0.25, -0.2) is 0 Å². The zero-order valence-electron chi connectivity index (χ0n) is 16.8. The molecule has 5 nitrogen and oxygen atoms in total. The Labute approximate surface area is 166 Å². The molecule has 1 aromatic carbocycles. The number of hydrogen-bond acceptors (Lipinski definition) is 3. The van der Waals surface area contributed by atoms with E-state index in [-0.39, 0.29) is 22.4 Å². The predicted octanol–water partition coefficient (Wildman–Crippen LogP) is 3.12. The summed E-state index contributed by atoms with van der Waals surface area (Å²) in [7, 11) is 0. The summed E-state index contributed by atoms with van der Waals surface area (Å²) in [5, 5.41) is 0. The van der Waals surface area contributed by atoms with Gasteiger partial charge in [0, 0.05) is 37.3 Å². The van der Waals surface area contributed by atoms with Crippen molar-refractivity contribution in [3.05, 3.63) is 69.1 Å². The van der Waals surface area contributed by atoms with Crippen molar-refractivity contribution < 1.29 is 4.79 Å². The molecule has 1 atom stereocenters. The number of H-pyrrole nitrogens is 1. The van der Waals surface area contributed by atoms with Crippen LogP contribution in [0.25, 0.3) is 0 Å². The lowest BCUT2D eigenvalue weighted by Crippen LogP contribution is -2.45. The molecule has 2 aliphatic heterocycles. The fourth-order valence-corrected chi connectivity index (χ4v) is 4.87. The number of benzene rings is 1. The fraction of sp³-hybridized carbons (Fsp3) is 0.478. The highest BCUT2D eigenvalue weighted by Crippen LogP contribution is 2.39. The number of carbonyl (C=O) groups excluding carboxylic acids is 1. The van der Waals surface area contributed by atoms with Crippen LogP contribution in [0.1, 0.15) is 46.4 Å². The zero-order valence-corrected chi connectivity index (χ0v) is 16.8. The maximum Gasteiger partial charge on any atom is 0.260 e. The molecule has 1 amide bonds. The smallest absolute Gasteiger partial charge is 0.260 e. The number of pyridine rings is 1. The van der Waals surface area contributed by atoms with Gasteiger partial charge in [-0.05, 0) is 57.4 Å². The van der Waals surface area contributed by atoms with Crippen molar-refractivity contribution in [2.24, 2.45) is 5.41 Å². The van der Waals surface area contributed by atoms with Gasteiger partial charge < -0.3 is 9.88 Å². The van der Waals surface area contributed by atoms with E-state index >= 15 is 0 Å². The first-order valence-corrected chi connectivity index (χ1v) is 10.2. The first-order chi connectivity index (χ1) is 13.4. The van der Waals surface area contributed by atoms with Gasteiger partial charge in [0.05, 0.1) is 0 Å². The van der Waals surface area contributed by atoms with Gasteiger partial charge in [-0.1, -0.05) is 29.8 Å². The summed E-state index contributed by atoms with van der Waals surface area (Å²) in [6, 6.07) is 12.2. The summed E-state index contributed by atoms with van der Waals surface area (Å²) < 4.78 is 0. The van der Waals surface area contributed by atoms with Crippen LogP contribution < -0.4 is 5.56 Å². The molecule has 4 rings (SSSR count). The minimum absolute atomic E-state index is 0.131. The van der Waals surface area contributed by atoms with Gasteiger partial charge in [-0.15, -0.1) is 0 Å². The van der Waals surface area contributed by atoms with E-state index in [4.69, 9.17) is 0 Å². The summed E-state index contributed by atoms with van der Waals surface area (Å²) in [6.45, 7) is 8.55. The third-order valence-electron chi connectivity index (χ3n) is 6.24. The maximum atomic E-state index is 12.9. The van der Waals surface area contributed by atoms with Gasteiger partial charge in [0.25, 0.3) is 11.5 Å². The third-order valence-corrected chi connectivity index (χ3v) is 6.24. The molecule has 28 heavy (non-hydrogen) atoms. The number of aromatic amines is 1. The Hall–Kier alpha value is -2.40. The molecule has 5 heteroatoms. The lowest BCUT2D eigenvalue weighted by molar-refractivity contribution is 0.0674. The van der Waals surface area contributed by atoms with E-state index in [0.717, 1.165) is 51.3 Å². The van der Waals surface area contributed by atoms with Crippen molar-refractivity contribution >= 4 is 5.91 Å². The Morgan fingerprint density at radius 3 is 2.75 bits per heavy atom. The summed E-state index contributed by atoms with van der Waals surface area (Å²) in [4.78, 5) is 32.2. The average Bonchev–Trinajstić information content (AvgIpc) is 3.04. The van der Waals surface area contributed by atoms with Gasteiger partial charge in [0.1, 0.15) is 5.56 Å². The van der Waals surface area contributed by atoms with Crippen LogP contribution in [-0.2, 0) is 6.54 Å². The quantitative estimate of drug-likeness (QED) is 0.891. The minimum Gasteiger partial charge on any atom is -0.338 e. The number of amides is 1. The van der Waals surface area contributed by atoms with Crippen LogP contribution in [0.3, 0.4) is 0 Å². The highest BCUT2D eigenvalue weighted by molar-refractivity contribution is 5.94. The molecule has 0 aliphatic carbocycles. The molecule has 1 spiro atoms. The second kappa shape index (κ2) is 7.55. The predicted molar refractivity (Wildman–Crippen MR) is 110 cm³/mol. The molecule has 148 valence electrons. The number of likely N-dealkylation sites (tertiary alicyclic amines) is 2. The van der Waals surface area contributed by atoms with Crippen molar-refractivity contribution in [1.82, 2.24) is 14.8 Å². The average molecular weight is 380 g/mol. The Bertz CT molecular complexity index is 935. The first kappa shape index (κ1) is 18.9. The number of nitrogens with one attached hydrogen (secondary N) is 1. The molecule has 1 unspecified atom stereocenters. The first-order valence-electron chi connectivity index (χ1n) is 10.2. The molecule has 0 saturated carbocycles. The van der Waals surface area contributed by atoms with E-state index in [1.54, 1.807) is 12.1 Å². The monoisotopic (exact) mass is 379 g/mol. The van der Waals surface area contributed by atoms with Gasteiger partial charge in [-0.2, -0.15) is 0 Å². The van der Waals surface area contributed by atoms with Crippen LogP contribution in [0, 0.1) is 19.3 Å². The van der Waals surface area contributed by atoms with Crippen molar-refractivity contribution in [2.45, 2.75) is 39.7 Å². The topological polar surface area (TPSA) is 56.4 Å². The second-order valence-electron chi connectivity index (χ2n) is 8.66. The van der Waals surface area contributed by atoms with Crippen LogP contribution in [-0.4, -0.2) is 46.9 Å². The third kappa shape index (κ3) is 3.90. The van der Waals surface area contributed by atoms with Crippen molar-refractivity contribution in [2.75, 3.05) is 26.2 Å². The highest BCUT2D eigenvalue weighted by Gasteiger charge is 2.43. The molecule has 2 fully saturated rings. The van der Waals surface area contributed by atoms with Crippen LogP contribution in [0.5, 0.6) is 0 Å². The lowest BCUT2D eigenvalue weighted by atomic mass is 9.79. The fourth-order valence-electron chi connectivity index (χ4n) is 4.87. The van der Waals surface area contributed by atoms with E-state index in [2.05, 4.69) is 41.1 Å². The largest absolute Gasteiger partial charge is 0.338 e. The molecule has 2 aromatic rings. The van der Waals surface area contributed by atoms with Crippen LogP contribution >= 0.6 is 0 Å². The van der Waals surface area contributed by atoms with Crippen LogP contribution in [0.15, 0.2) is 41.2 Å². The van der Waals surface area contributed by atoms with Gasteiger partial charge in [-0.3, -0.25) is 14.5 Å². The normalized spacial score (nSPS) is 22.7. The minimum atomic E-state index is -0.282. The summed E-state index contributed by atoms with van der Waals surface area (Å²) in [5.41, 5.74) is 3.57. The number of aryl methyl sites for hydroxylation is 2. The number of carbonyl (C=O) groups is 1. The molecule has 1 aromatic heterocycles. The molecule has 1 N–H and O–H groups in total. The molecular formula is C23H29N3O2. The number of hydrogen-bond donors (Lipinski definition) is 1. The van der Waals surface area contributed by atoms with E-state index < -0.39 is 0 Å². The Balaban J connectivity index is 1.44. The number of aromatic nitrogens is 1. The Morgan fingerprint density at radius 2 is 1.96 bits per heavy atom. The Morgan fingerprint density at radius 1 is 1.11 bits per heavy atom. The van der Waals surface area contributed by atoms with E-state index in [1.807, 2.05) is 11.8 Å². The molecular weight excluding hydrogens is 350 g/mol. The van der Waals surface area contributed by atoms with Crippen LogP contribution in [0.4, 0.5) is 0 Å². The van der Waals surface area contributed by atoms with Crippen molar-refractivity contribution in [3.63, 3.8) is 0 Å². The summed E-state index contributed by atoms with van der Waals surface area (Å²) in [5.74, 6) is -0.131. The standard InChI is InChI=1S/C23H29N3O2/c1-17-5-3-6-19(13-17)14-25-11-4-9-23(15-25)10-12-26(16-23)22(28)20-8-7-18(2)24-21(20)27/h3,5-8,13H,4,9-12,14-16H2,1-2H3,(H,24,27). The molecule has 0 bridgehead atoms. The zero-order chi connectivity index (χ0) is 19.7. The van der Waals surface area contributed by atoms with Crippen molar-refractivity contribution in [3.8, 4) is 0 Å². The molecule has 3 heterocycles. The Kier molecular flexibility index (Phi) is 5.11. The van der Waals surface area contributed by atoms with E-state index in [0.29, 0.717) is 0 Å². The molecule has 2 saturated heterocycles. The number of rotatable bonds is 3. The van der Waals surface area contributed by atoms with Gasteiger partial charge in [0.15, 0.2) is 0 Å². The molecule has 0 radical (unpaired) electrons. The maximum absolute atomic E-state index is 12.9. The summed E-state index contributed by atoms with van der Waals surface area (Å²) in [6.07, 6.45) is 3.34. The number of nitrogens with zero attached hydrogens (tertiary/aromatic N) is 2. The highest BCUT2D eigenvalue weighted by atomic mass is 16.2. The lowest BCUT2D eigenvalue weighted by Gasteiger charge is -2.40.